The van der Waals surface area contributed by atoms with Crippen LogP contribution in [0.4, 0.5) is 8.78 Å². The minimum absolute atomic E-state index is 0.175. The van der Waals surface area contributed by atoms with Crippen molar-refractivity contribution in [2.75, 3.05) is 0 Å². The predicted molar refractivity (Wildman–Crippen MR) is 88.6 cm³/mol. The van der Waals surface area contributed by atoms with E-state index in [4.69, 9.17) is 4.52 Å². The average Bonchev–Trinajstić information content (AvgIpc) is 3.15. The first-order valence-corrected chi connectivity index (χ1v) is 7.65. The highest BCUT2D eigenvalue weighted by atomic mass is 19.1. The number of hydrogen-bond donors (Lipinski definition) is 0. The van der Waals surface area contributed by atoms with Crippen molar-refractivity contribution in [3.05, 3.63) is 66.3 Å². The molecule has 0 saturated heterocycles. The van der Waals surface area contributed by atoms with E-state index < -0.39 is 5.82 Å². The third kappa shape index (κ3) is 3.04. The Morgan fingerprint density at radius 1 is 0.885 bits per heavy atom. The molecular weight excluding hydrogens is 340 g/mol. The zero-order valence-electron chi connectivity index (χ0n) is 13.5. The van der Waals surface area contributed by atoms with E-state index >= 15 is 0 Å². The second kappa shape index (κ2) is 6.40. The lowest BCUT2D eigenvalue weighted by Gasteiger charge is -2.03. The Morgan fingerprint density at radius 2 is 1.77 bits per heavy atom. The number of aromatic nitrogens is 5. The molecule has 0 amide bonds. The molecule has 6 nitrogen and oxygen atoms in total. The zero-order chi connectivity index (χ0) is 18.1. The van der Waals surface area contributed by atoms with Gasteiger partial charge in [0.25, 0.3) is 5.89 Å². The SMILES string of the molecule is Cc1ncc(-c2ccnc(-c3nc(-c4ccc(F)cn4)no3)c2)cc1F. The molecule has 0 atom stereocenters. The van der Waals surface area contributed by atoms with E-state index in [2.05, 4.69) is 25.1 Å². The van der Waals surface area contributed by atoms with Gasteiger partial charge in [-0.25, -0.2) is 13.8 Å². The fourth-order valence-electron chi connectivity index (χ4n) is 2.33. The van der Waals surface area contributed by atoms with Gasteiger partial charge in [-0.3, -0.25) is 9.97 Å². The highest BCUT2D eigenvalue weighted by molar-refractivity contribution is 5.67. The molecule has 8 heteroatoms. The van der Waals surface area contributed by atoms with Gasteiger partial charge in [-0.1, -0.05) is 5.16 Å². The van der Waals surface area contributed by atoms with E-state index in [0.717, 1.165) is 6.20 Å². The maximum atomic E-state index is 13.8. The molecule has 0 spiro atoms. The van der Waals surface area contributed by atoms with Crippen LogP contribution in [0.25, 0.3) is 34.2 Å². The summed E-state index contributed by atoms with van der Waals surface area (Å²) in [5.41, 5.74) is 2.45. The fraction of sp³-hybridized carbons (Fsp3) is 0.0556. The minimum Gasteiger partial charge on any atom is -0.332 e. The molecule has 4 aromatic heterocycles. The maximum absolute atomic E-state index is 13.8. The van der Waals surface area contributed by atoms with Crippen LogP contribution < -0.4 is 0 Å². The molecule has 4 rings (SSSR count). The summed E-state index contributed by atoms with van der Waals surface area (Å²) in [5, 5.41) is 3.84. The molecule has 0 unspecified atom stereocenters. The molecule has 0 aliphatic rings. The largest absolute Gasteiger partial charge is 0.332 e. The highest BCUT2D eigenvalue weighted by Crippen LogP contribution is 2.25. The van der Waals surface area contributed by atoms with Gasteiger partial charge in [-0.05, 0) is 42.8 Å². The summed E-state index contributed by atoms with van der Waals surface area (Å²) in [4.78, 5) is 16.4. The van der Waals surface area contributed by atoms with Crippen LogP contribution >= 0.6 is 0 Å². The molecule has 0 saturated carbocycles. The van der Waals surface area contributed by atoms with Crippen LogP contribution in [0.5, 0.6) is 0 Å². The lowest BCUT2D eigenvalue weighted by molar-refractivity contribution is 0.431. The number of nitrogens with zero attached hydrogens (tertiary/aromatic N) is 5. The molecule has 0 aliphatic heterocycles. The second-order valence-electron chi connectivity index (χ2n) is 5.51. The third-order valence-electron chi connectivity index (χ3n) is 3.72. The van der Waals surface area contributed by atoms with Crippen LogP contribution in [0, 0.1) is 18.6 Å². The number of pyridine rings is 3. The van der Waals surface area contributed by atoms with Crippen LogP contribution in [0.2, 0.25) is 0 Å². The first-order valence-electron chi connectivity index (χ1n) is 7.65. The normalized spacial score (nSPS) is 10.9. The van der Waals surface area contributed by atoms with E-state index in [1.165, 1.54) is 18.2 Å². The van der Waals surface area contributed by atoms with Crippen molar-refractivity contribution in [3.63, 3.8) is 0 Å². The van der Waals surface area contributed by atoms with Gasteiger partial charge in [0.05, 0.1) is 11.9 Å². The maximum Gasteiger partial charge on any atom is 0.276 e. The quantitative estimate of drug-likeness (QED) is 0.558. The first-order chi connectivity index (χ1) is 12.6. The van der Waals surface area contributed by atoms with Gasteiger partial charge in [0.1, 0.15) is 23.0 Å². The van der Waals surface area contributed by atoms with Gasteiger partial charge in [-0.15, -0.1) is 0 Å². The van der Waals surface area contributed by atoms with Gasteiger partial charge >= 0.3 is 0 Å². The van der Waals surface area contributed by atoms with Gasteiger partial charge < -0.3 is 4.52 Å². The molecular formula is C18H11F2N5O. The van der Waals surface area contributed by atoms with Crippen molar-refractivity contribution < 1.29 is 13.3 Å². The summed E-state index contributed by atoms with van der Waals surface area (Å²) in [6.07, 6.45) is 4.21. The topological polar surface area (TPSA) is 77.6 Å². The smallest absolute Gasteiger partial charge is 0.276 e. The zero-order valence-corrected chi connectivity index (χ0v) is 13.5. The number of halogens is 2. The van der Waals surface area contributed by atoms with Crippen molar-refractivity contribution in [2.45, 2.75) is 6.92 Å². The average molecular weight is 351 g/mol. The molecule has 0 fully saturated rings. The number of aryl methyl sites for hydroxylation is 1. The van der Waals surface area contributed by atoms with E-state index in [0.29, 0.717) is 28.2 Å². The Hall–Kier alpha value is -3.55. The van der Waals surface area contributed by atoms with Gasteiger partial charge in [0, 0.05) is 18.0 Å². The molecule has 0 aliphatic carbocycles. The molecule has 0 N–H and O–H groups in total. The Balaban J connectivity index is 1.68. The molecule has 26 heavy (non-hydrogen) atoms. The Bertz CT molecular complexity index is 1080. The summed E-state index contributed by atoms with van der Waals surface area (Å²) >= 11 is 0. The predicted octanol–water partition coefficient (Wildman–Crippen LogP) is 3.84. The van der Waals surface area contributed by atoms with Crippen molar-refractivity contribution in [3.8, 4) is 34.2 Å². The summed E-state index contributed by atoms with van der Waals surface area (Å²) < 4.78 is 31.9. The summed E-state index contributed by atoms with van der Waals surface area (Å²) in [6, 6.07) is 7.54. The lowest BCUT2D eigenvalue weighted by atomic mass is 10.1. The van der Waals surface area contributed by atoms with Gasteiger partial charge in [-0.2, -0.15) is 4.98 Å². The molecule has 128 valence electrons. The molecule has 0 radical (unpaired) electrons. The number of hydrogen-bond acceptors (Lipinski definition) is 6. The third-order valence-corrected chi connectivity index (χ3v) is 3.72. The van der Waals surface area contributed by atoms with Crippen molar-refractivity contribution in [2.24, 2.45) is 0 Å². The second-order valence-corrected chi connectivity index (χ2v) is 5.51. The van der Waals surface area contributed by atoms with E-state index in [9.17, 15) is 8.78 Å². The monoisotopic (exact) mass is 351 g/mol. The summed E-state index contributed by atoms with van der Waals surface area (Å²) in [6.45, 7) is 1.60. The van der Waals surface area contributed by atoms with E-state index in [-0.39, 0.29) is 17.5 Å². The van der Waals surface area contributed by atoms with Crippen LogP contribution in [0.1, 0.15) is 5.69 Å². The van der Waals surface area contributed by atoms with E-state index in [1.807, 2.05) is 0 Å². The Labute approximate surface area is 146 Å². The minimum atomic E-state index is -0.453. The van der Waals surface area contributed by atoms with Crippen LogP contribution in [-0.4, -0.2) is 25.1 Å². The summed E-state index contributed by atoms with van der Waals surface area (Å²) in [5.74, 6) is -0.446. The van der Waals surface area contributed by atoms with Crippen LogP contribution in [0.3, 0.4) is 0 Å². The number of rotatable bonds is 3. The Kier molecular flexibility index (Phi) is 3.92. The first kappa shape index (κ1) is 15.9. The van der Waals surface area contributed by atoms with Crippen molar-refractivity contribution in [1.29, 1.82) is 0 Å². The molecule has 4 aromatic rings. The molecule has 0 aromatic carbocycles. The van der Waals surface area contributed by atoms with Crippen LogP contribution in [0.15, 0.2) is 53.4 Å². The Morgan fingerprint density at radius 3 is 2.54 bits per heavy atom. The fourth-order valence-corrected chi connectivity index (χ4v) is 2.33. The molecule has 4 heterocycles. The highest BCUT2D eigenvalue weighted by Gasteiger charge is 2.14. The van der Waals surface area contributed by atoms with Crippen molar-refractivity contribution in [1.82, 2.24) is 25.1 Å². The standard InChI is InChI=1S/C18H11F2N5O/c1-10-14(20)6-12(8-22-10)11-4-5-21-16(7-11)18-24-17(25-26-18)15-3-2-13(19)9-23-15/h2-9H,1H3. The molecule has 0 bridgehead atoms. The van der Waals surface area contributed by atoms with Crippen molar-refractivity contribution >= 4 is 0 Å². The van der Waals surface area contributed by atoms with Gasteiger partial charge in [0.15, 0.2) is 0 Å². The van der Waals surface area contributed by atoms with Crippen LogP contribution in [-0.2, 0) is 0 Å². The van der Waals surface area contributed by atoms with Gasteiger partial charge in [0.2, 0.25) is 5.82 Å². The lowest BCUT2D eigenvalue weighted by Crippen LogP contribution is -1.91. The van der Waals surface area contributed by atoms with E-state index in [1.54, 1.807) is 31.5 Å². The summed E-state index contributed by atoms with van der Waals surface area (Å²) in [7, 11) is 0.